The standard InChI is InChI=1S/C59H118N2O6/c1-7-11-15-19-25-33-42-56(43-34-26-20-16-12-8-2)66-58(62)46-37-29-23-31-39-48-60(50-41-51-61(52-54-64-5)53-55-65-6)49-40-32-24-30-38-47-59(63)67-57(44-35-27-21-17-13-9-3)45-36-28-22-18-14-10-4/h56-57H,7-55H2,1-6H3. The van der Waals surface area contributed by atoms with Crippen LogP contribution in [0.1, 0.15) is 291 Å². The van der Waals surface area contributed by atoms with Crippen molar-refractivity contribution in [1.82, 2.24) is 9.80 Å². The molecule has 0 rings (SSSR count). The van der Waals surface area contributed by atoms with E-state index in [1.165, 1.54) is 193 Å². The fourth-order valence-corrected chi connectivity index (χ4v) is 9.52. The minimum absolute atomic E-state index is 0.0318. The molecule has 0 unspecified atom stereocenters. The van der Waals surface area contributed by atoms with Crippen LogP contribution in [0.5, 0.6) is 0 Å². The Morgan fingerprint density at radius 3 is 0.881 bits per heavy atom. The lowest BCUT2D eigenvalue weighted by Gasteiger charge is -2.26. The van der Waals surface area contributed by atoms with Crippen LogP contribution in [0.2, 0.25) is 0 Å². The van der Waals surface area contributed by atoms with E-state index in [0.29, 0.717) is 12.8 Å². The summed E-state index contributed by atoms with van der Waals surface area (Å²) in [7, 11) is 3.56. The summed E-state index contributed by atoms with van der Waals surface area (Å²) >= 11 is 0. The second kappa shape index (κ2) is 54.1. The summed E-state index contributed by atoms with van der Waals surface area (Å²) in [6.07, 6.45) is 48.8. The van der Waals surface area contributed by atoms with Crippen molar-refractivity contribution in [1.29, 1.82) is 0 Å². The zero-order valence-electron chi connectivity index (χ0n) is 46.1. The first-order chi connectivity index (χ1) is 32.9. The van der Waals surface area contributed by atoms with Crippen LogP contribution in [-0.4, -0.2) is 101 Å². The molecule has 0 saturated carbocycles. The predicted molar refractivity (Wildman–Crippen MR) is 288 cm³/mol. The smallest absolute Gasteiger partial charge is 0.306 e. The first-order valence-electron chi connectivity index (χ1n) is 29.7. The Morgan fingerprint density at radius 2 is 0.567 bits per heavy atom. The lowest BCUT2D eigenvalue weighted by atomic mass is 10.0. The van der Waals surface area contributed by atoms with Crippen molar-refractivity contribution in [2.24, 2.45) is 0 Å². The second-order valence-corrected chi connectivity index (χ2v) is 20.5. The summed E-state index contributed by atoms with van der Waals surface area (Å²) in [6.45, 7) is 16.9. The average Bonchev–Trinajstić information content (AvgIpc) is 3.32. The Bertz CT molecular complexity index is 895. The van der Waals surface area contributed by atoms with Crippen LogP contribution in [0.3, 0.4) is 0 Å². The third kappa shape index (κ3) is 48.2. The van der Waals surface area contributed by atoms with E-state index in [0.717, 1.165) is 110 Å². The molecule has 0 saturated heterocycles. The van der Waals surface area contributed by atoms with Crippen molar-refractivity contribution in [2.45, 2.75) is 303 Å². The van der Waals surface area contributed by atoms with Gasteiger partial charge in [0.25, 0.3) is 0 Å². The van der Waals surface area contributed by atoms with E-state index in [-0.39, 0.29) is 24.1 Å². The molecule has 0 spiro atoms. The van der Waals surface area contributed by atoms with E-state index in [1.54, 1.807) is 14.2 Å². The summed E-state index contributed by atoms with van der Waals surface area (Å²) in [5.74, 6) is 0.0636. The van der Waals surface area contributed by atoms with Crippen molar-refractivity contribution in [3.63, 3.8) is 0 Å². The average molecular weight is 952 g/mol. The monoisotopic (exact) mass is 951 g/mol. The van der Waals surface area contributed by atoms with Gasteiger partial charge in [-0.25, -0.2) is 0 Å². The third-order valence-electron chi connectivity index (χ3n) is 14.0. The molecule has 0 aromatic rings. The van der Waals surface area contributed by atoms with E-state index in [9.17, 15) is 9.59 Å². The van der Waals surface area contributed by atoms with Crippen LogP contribution in [0.4, 0.5) is 0 Å². The van der Waals surface area contributed by atoms with Crippen molar-refractivity contribution < 1.29 is 28.5 Å². The molecule has 0 bridgehead atoms. The first-order valence-corrected chi connectivity index (χ1v) is 29.7. The largest absolute Gasteiger partial charge is 0.462 e. The minimum Gasteiger partial charge on any atom is -0.462 e. The number of rotatable bonds is 56. The molecule has 0 amide bonds. The molecular formula is C59H118N2O6. The summed E-state index contributed by atoms with van der Waals surface area (Å²) in [5, 5.41) is 0. The number of hydrogen-bond acceptors (Lipinski definition) is 8. The van der Waals surface area contributed by atoms with E-state index >= 15 is 0 Å². The number of unbranched alkanes of at least 4 members (excludes halogenated alkanes) is 28. The molecule has 0 aromatic heterocycles. The van der Waals surface area contributed by atoms with Crippen molar-refractivity contribution in [3.8, 4) is 0 Å². The number of esters is 2. The van der Waals surface area contributed by atoms with Gasteiger partial charge in [-0.15, -0.1) is 0 Å². The molecule has 400 valence electrons. The number of hydrogen-bond donors (Lipinski definition) is 0. The maximum Gasteiger partial charge on any atom is 0.306 e. The van der Waals surface area contributed by atoms with Crippen LogP contribution in [0.15, 0.2) is 0 Å². The molecule has 0 radical (unpaired) electrons. The molecule has 0 aliphatic heterocycles. The van der Waals surface area contributed by atoms with Gasteiger partial charge in [0.2, 0.25) is 0 Å². The van der Waals surface area contributed by atoms with Gasteiger partial charge in [0.15, 0.2) is 0 Å². The summed E-state index contributed by atoms with van der Waals surface area (Å²) in [5.41, 5.74) is 0. The van der Waals surface area contributed by atoms with Gasteiger partial charge in [-0.05, 0) is 110 Å². The van der Waals surface area contributed by atoms with Gasteiger partial charge in [0, 0.05) is 40.2 Å². The maximum atomic E-state index is 13.0. The van der Waals surface area contributed by atoms with Crippen LogP contribution >= 0.6 is 0 Å². The van der Waals surface area contributed by atoms with E-state index in [1.807, 2.05) is 0 Å². The van der Waals surface area contributed by atoms with E-state index in [4.69, 9.17) is 18.9 Å². The Balaban J connectivity index is 4.80. The molecule has 8 nitrogen and oxygen atoms in total. The van der Waals surface area contributed by atoms with Gasteiger partial charge in [0.05, 0.1) is 13.2 Å². The number of carbonyl (C=O) groups is 2. The minimum atomic E-state index is 0.0318. The number of methoxy groups -OCH3 is 2. The van der Waals surface area contributed by atoms with Crippen LogP contribution in [0, 0.1) is 0 Å². The highest BCUT2D eigenvalue weighted by atomic mass is 16.5. The molecule has 0 atom stereocenters. The van der Waals surface area contributed by atoms with Crippen LogP contribution < -0.4 is 0 Å². The molecule has 0 aromatic carbocycles. The first kappa shape index (κ1) is 65.8. The van der Waals surface area contributed by atoms with Crippen molar-refractivity contribution in [3.05, 3.63) is 0 Å². The number of carbonyl (C=O) groups excluding carboxylic acids is 2. The fraction of sp³-hybridized carbons (Fsp3) is 0.966. The van der Waals surface area contributed by atoms with Gasteiger partial charge in [-0.3, -0.25) is 14.5 Å². The lowest BCUT2D eigenvalue weighted by molar-refractivity contribution is -0.151. The zero-order valence-corrected chi connectivity index (χ0v) is 46.1. The quantitative estimate of drug-likeness (QED) is 0.0441. The molecule has 0 aliphatic rings. The highest BCUT2D eigenvalue weighted by Crippen LogP contribution is 2.20. The number of ether oxygens (including phenoxy) is 4. The van der Waals surface area contributed by atoms with Gasteiger partial charge in [-0.2, -0.15) is 0 Å². The molecule has 0 heterocycles. The summed E-state index contributed by atoms with van der Waals surface area (Å²) in [4.78, 5) is 31.1. The van der Waals surface area contributed by atoms with Crippen molar-refractivity contribution >= 4 is 11.9 Å². The Hall–Kier alpha value is -1.22. The third-order valence-corrected chi connectivity index (χ3v) is 14.0. The lowest BCUT2D eigenvalue weighted by Crippen LogP contribution is -2.34. The fourth-order valence-electron chi connectivity index (χ4n) is 9.52. The predicted octanol–water partition coefficient (Wildman–Crippen LogP) is 16.8. The molecule has 0 fully saturated rings. The van der Waals surface area contributed by atoms with Crippen molar-refractivity contribution in [2.75, 3.05) is 66.7 Å². The second-order valence-electron chi connectivity index (χ2n) is 20.5. The van der Waals surface area contributed by atoms with Gasteiger partial charge in [-0.1, -0.05) is 195 Å². The van der Waals surface area contributed by atoms with Gasteiger partial charge in [0.1, 0.15) is 12.2 Å². The Morgan fingerprint density at radius 1 is 0.313 bits per heavy atom. The van der Waals surface area contributed by atoms with E-state index < -0.39 is 0 Å². The van der Waals surface area contributed by atoms with Crippen LogP contribution in [0.25, 0.3) is 0 Å². The Kier molecular flexibility index (Phi) is 53.1. The molecule has 0 N–H and O–H groups in total. The molecular weight excluding hydrogens is 833 g/mol. The highest BCUT2D eigenvalue weighted by Gasteiger charge is 2.16. The topological polar surface area (TPSA) is 77.5 Å². The maximum absolute atomic E-state index is 13.0. The van der Waals surface area contributed by atoms with E-state index in [2.05, 4.69) is 37.5 Å². The molecule has 67 heavy (non-hydrogen) atoms. The highest BCUT2D eigenvalue weighted by molar-refractivity contribution is 5.69. The normalized spacial score (nSPS) is 11.9. The SMILES string of the molecule is CCCCCCCCC(CCCCCCCC)OC(=O)CCCCCCCN(CCCCCCCC(=O)OC(CCCCCCCC)CCCCCCCC)CCCN(CCOC)CCOC. The number of nitrogens with zero attached hydrogens (tertiary/aromatic N) is 2. The van der Waals surface area contributed by atoms with Gasteiger partial charge < -0.3 is 23.8 Å². The van der Waals surface area contributed by atoms with Gasteiger partial charge >= 0.3 is 11.9 Å². The zero-order chi connectivity index (χ0) is 48.9. The van der Waals surface area contributed by atoms with Crippen LogP contribution in [-0.2, 0) is 28.5 Å². The Labute approximate surface area is 418 Å². The molecule has 8 heteroatoms. The summed E-state index contributed by atoms with van der Waals surface area (Å²) in [6, 6.07) is 0. The summed E-state index contributed by atoms with van der Waals surface area (Å²) < 4.78 is 23.0. The molecule has 0 aliphatic carbocycles.